The Bertz CT molecular complexity index is 1360. The quantitative estimate of drug-likeness (QED) is 0.328. The molecule has 4 aromatic rings. The Labute approximate surface area is 184 Å². The molecule has 3 N–H and O–H groups in total. The molecule has 0 saturated carbocycles. The predicted octanol–water partition coefficient (Wildman–Crippen LogP) is 3.54. The summed E-state index contributed by atoms with van der Waals surface area (Å²) in [5.74, 6) is -2.79. The van der Waals surface area contributed by atoms with Gasteiger partial charge in [0.2, 0.25) is 0 Å². The third-order valence-corrected chi connectivity index (χ3v) is 5.45. The molecule has 0 spiro atoms. The van der Waals surface area contributed by atoms with Gasteiger partial charge < -0.3 is 20.1 Å². The van der Waals surface area contributed by atoms with Crippen LogP contribution in [0.25, 0.3) is 21.7 Å². The van der Waals surface area contributed by atoms with E-state index in [-0.39, 0.29) is 11.3 Å². The van der Waals surface area contributed by atoms with E-state index in [4.69, 9.17) is 10.5 Å². The molecule has 0 bridgehead atoms. The number of nitrogens with two attached hydrogens (primary N) is 1. The zero-order valence-electron chi connectivity index (χ0n) is 17.5. The number of benzene rings is 3. The molecule has 1 aromatic heterocycles. The Hall–Kier alpha value is -4.13. The number of carboxylic acid groups (broad SMARTS) is 1. The number of hydrogen-bond acceptors (Lipinski definition) is 4. The minimum Gasteiger partial charge on any atom is -0.481 e. The summed E-state index contributed by atoms with van der Waals surface area (Å²) in [4.78, 5) is 36.2. The van der Waals surface area contributed by atoms with Crippen LogP contribution >= 0.6 is 0 Å². The van der Waals surface area contributed by atoms with Gasteiger partial charge in [0.25, 0.3) is 11.7 Å². The molecule has 0 saturated heterocycles. The molecule has 0 radical (unpaired) electrons. The Morgan fingerprint density at radius 3 is 2.38 bits per heavy atom. The van der Waals surface area contributed by atoms with E-state index in [0.29, 0.717) is 34.9 Å². The van der Waals surface area contributed by atoms with E-state index >= 15 is 0 Å². The van der Waals surface area contributed by atoms with Crippen molar-refractivity contribution in [2.45, 2.75) is 19.9 Å². The van der Waals surface area contributed by atoms with Gasteiger partial charge in [0.1, 0.15) is 5.75 Å². The van der Waals surface area contributed by atoms with Crippen molar-refractivity contribution in [1.82, 2.24) is 4.57 Å². The third-order valence-electron chi connectivity index (χ3n) is 5.45. The van der Waals surface area contributed by atoms with Gasteiger partial charge in [-0.3, -0.25) is 9.59 Å². The van der Waals surface area contributed by atoms with Crippen molar-refractivity contribution >= 4 is 39.3 Å². The number of carbonyl (C=O) groups excluding carboxylic acids is 2. The summed E-state index contributed by atoms with van der Waals surface area (Å²) in [7, 11) is 0. The number of nitrogens with zero attached hydrogens (tertiary/aromatic N) is 1. The lowest BCUT2D eigenvalue weighted by Gasteiger charge is -2.13. The first-order valence-corrected chi connectivity index (χ1v) is 10.2. The number of carboxylic acids is 1. The van der Waals surface area contributed by atoms with Crippen LogP contribution < -0.4 is 10.5 Å². The van der Waals surface area contributed by atoms with Crippen LogP contribution in [-0.4, -0.2) is 33.9 Å². The van der Waals surface area contributed by atoms with Gasteiger partial charge in [0.15, 0.2) is 6.61 Å². The van der Waals surface area contributed by atoms with Crippen molar-refractivity contribution in [3.05, 3.63) is 77.5 Å². The third kappa shape index (κ3) is 3.69. The molecule has 0 unspecified atom stereocenters. The smallest absolute Gasteiger partial charge is 0.341 e. The molecule has 7 heteroatoms. The molecule has 4 rings (SSSR count). The fourth-order valence-electron chi connectivity index (χ4n) is 4.15. The topological polar surface area (TPSA) is 112 Å². The average molecular weight is 430 g/mol. The molecule has 0 atom stereocenters. The predicted molar refractivity (Wildman–Crippen MR) is 121 cm³/mol. The molecule has 0 aliphatic heterocycles. The van der Waals surface area contributed by atoms with E-state index in [9.17, 15) is 19.5 Å². The standard InChI is InChI=1S/C25H22N2O5/c1-2-18-21(23(30)25(26)31)22-19(27(18)13-15-8-4-3-5-9-15)12-16-10-6-7-11-17(16)24(22)32-14-20(28)29/h3-12H,2,13-14H2,1H3,(H2,26,31)(H,28,29). The summed E-state index contributed by atoms with van der Waals surface area (Å²) in [5, 5.41) is 11.1. The van der Waals surface area contributed by atoms with Gasteiger partial charge in [0.05, 0.1) is 16.5 Å². The molecular formula is C25H22N2O5. The van der Waals surface area contributed by atoms with Crippen molar-refractivity contribution in [3.8, 4) is 5.75 Å². The summed E-state index contributed by atoms with van der Waals surface area (Å²) in [6.07, 6.45) is 0.463. The van der Waals surface area contributed by atoms with Crippen LogP contribution in [0.4, 0.5) is 0 Å². The number of rotatable bonds is 8. The van der Waals surface area contributed by atoms with E-state index in [1.165, 1.54) is 0 Å². The lowest BCUT2D eigenvalue weighted by Crippen LogP contribution is -2.24. The van der Waals surface area contributed by atoms with Crippen molar-refractivity contribution in [2.75, 3.05) is 6.61 Å². The highest BCUT2D eigenvalue weighted by Gasteiger charge is 2.28. The van der Waals surface area contributed by atoms with Gasteiger partial charge in [-0.25, -0.2) is 4.79 Å². The first kappa shape index (κ1) is 21.1. The second-order valence-corrected chi connectivity index (χ2v) is 7.44. The molecule has 7 nitrogen and oxygen atoms in total. The molecule has 162 valence electrons. The van der Waals surface area contributed by atoms with Crippen LogP contribution in [0, 0.1) is 0 Å². The number of primary amides is 1. The van der Waals surface area contributed by atoms with Crippen LogP contribution in [0.2, 0.25) is 0 Å². The summed E-state index contributed by atoms with van der Waals surface area (Å²) in [6, 6.07) is 19.0. The summed E-state index contributed by atoms with van der Waals surface area (Å²) in [6.45, 7) is 1.77. The fourth-order valence-corrected chi connectivity index (χ4v) is 4.15. The second kappa shape index (κ2) is 8.55. The number of fused-ring (bicyclic) bond motifs is 2. The highest BCUT2D eigenvalue weighted by Crippen LogP contribution is 2.40. The minimum atomic E-state index is -1.15. The molecular weight excluding hydrogens is 408 g/mol. The van der Waals surface area contributed by atoms with Gasteiger partial charge in [-0.15, -0.1) is 0 Å². The number of aromatic nitrogens is 1. The summed E-state index contributed by atoms with van der Waals surface area (Å²) < 4.78 is 7.68. The number of hydrogen-bond donors (Lipinski definition) is 2. The van der Waals surface area contributed by atoms with E-state index in [2.05, 4.69) is 0 Å². The van der Waals surface area contributed by atoms with Crippen molar-refractivity contribution in [1.29, 1.82) is 0 Å². The Balaban J connectivity index is 2.12. The Morgan fingerprint density at radius 1 is 1.03 bits per heavy atom. The van der Waals surface area contributed by atoms with E-state index < -0.39 is 24.3 Å². The van der Waals surface area contributed by atoms with E-state index in [1.807, 2.05) is 60.0 Å². The van der Waals surface area contributed by atoms with Gasteiger partial charge in [0, 0.05) is 17.6 Å². The lowest BCUT2D eigenvalue weighted by atomic mass is 10.00. The number of ketones is 1. The van der Waals surface area contributed by atoms with E-state index in [0.717, 1.165) is 10.9 Å². The van der Waals surface area contributed by atoms with Crippen molar-refractivity contribution < 1.29 is 24.2 Å². The largest absolute Gasteiger partial charge is 0.481 e. The van der Waals surface area contributed by atoms with Crippen LogP contribution in [0.3, 0.4) is 0 Å². The van der Waals surface area contributed by atoms with Crippen LogP contribution in [0.1, 0.15) is 28.5 Å². The maximum atomic E-state index is 13.0. The number of aliphatic carboxylic acids is 1. The van der Waals surface area contributed by atoms with Crippen LogP contribution in [-0.2, 0) is 22.6 Å². The highest BCUT2D eigenvalue weighted by molar-refractivity contribution is 6.45. The maximum absolute atomic E-state index is 13.0. The first-order chi connectivity index (χ1) is 15.4. The number of amides is 1. The number of Topliss-reactive ketones (excluding diaryl/α,β-unsaturated/α-hetero) is 1. The molecule has 0 aliphatic carbocycles. The minimum absolute atomic E-state index is 0.164. The molecule has 32 heavy (non-hydrogen) atoms. The molecule has 1 amide bonds. The molecule has 3 aromatic carbocycles. The number of carbonyl (C=O) groups is 3. The zero-order chi connectivity index (χ0) is 22.8. The van der Waals surface area contributed by atoms with Gasteiger partial charge in [-0.05, 0) is 23.4 Å². The average Bonchev–Trinajstić information content (AvgIpc) is 3.09. The Kier molecular flexibility index (Phi) is 5.64. The fraction of sp³-hybridized carbons (Fsp3) is 0.160. The van der Waals surface area contributed by atoms with E-state index in [1.54, 1.807) is 12.1 Å². The highest BCUT2D eigenvalue weighted by atomic mass is 16.5. The zero-order valence-corrected chi connectivity index (χ0v) is 17.5. The summed E-state index contributed by atoms with van der Waals surface area (Å²) >= 11 is 0. The van der Waals surface area contributed by atoms with Gasteiger partial charge in [-0.2, -0.15) is 0 Å². The molecule has 0 aliphatic rings. The SMILES string of the molecule is CCc1c(C(=O)C(N)=O)c2c(OCC(=O)O)c3ccccc3cc2n1Cc1ccccc1. The second-order valence-electron chi connectivity index (χ2n) is 7.44. The molecule has 0 fully saturated rings. The maximum Gasteiger partial charge on any atom is 0.341 e. The Morgan fingerprint density at radius 2 is 1.72 bits per heavy atom. The van der Waals surface area contributed by atoms with Crippen LogP contribution in [0.5, 0.6) is 5.75 Å². The molecule has 1 heterocycles. The monoisotopic (exact) mass is 430 g/mol. The van der Waals surface area contributed by atoms with Crippen molar-refractivity contribution in [3.63, 3.8) is 0 Å². The first-order valence-electron chi connectivity index (χ1n) is 10.2. The normalized spacial score (nSPS) is 11.0. The lowest BCUT2D eigenvalue weighted by molar-refractivity contribution is -0.139. The number of ether oxygens (including phenoxy) is 1. The van der Waals surface area contributed by atoms with Crippen molar-refractivity contribution in [2.24, 2.45) is 5.73 Å². The summed E-state index contributed by atoms with van der Waals surface area (Å²) in [5.41, 5.74) is 7.89. The van der Waals surface area contributed by atoms with Crippen LogP contribution in [0.15, 0.2) is 60.7 Å². The van der Waals surface area contributed by atoms with Gasteiger partial charge >= 0.3 is 5.97 Å². The van der Waals surface area contributed by atoms with Gasteiger partial charge in [-0.1, -0.05) is 61.5 Å².